The van der Waals surface area contributed by atoms with E-state index < -0.39 is 11.9 Å². The van der Waals surface area contributed by atoms with Crippen LogP contribution in [0.1, 0.15) is 25.0 Å². The lowest BCUT2D eigenvalue weighted by atomic mass is 10.1. The Hall–Kier alpha value is -4.51. The second kappa shape index (κ2) is 13.9. The van der Waals surface area contributed by atoms with Crippen LogP contribution in [0.25, 0.3) is 12.2 Å². The molecule has 0 unspecified atom stereocenters. The highest BCUT2D eigenvalue weighted by Gasteiger charge is 2.12. The Labute approximate surface area is 205 Å². The van der Waals surface area contributed by atoms with E-state index in [0.717, 1.165) is 5.56 Å². The number of nitriles is 1. The monoisotopic (exact) mass is 476 g/mol. The number of carbonyl (C=O) groups excluding carboxylic acids is 2. The maximum absolute atomic E-state index is 12.4. The number of benzene rings is 2. The van der Waals surface area contributed by atoms with Gasteiger partial charge in [0.1, 0.15) is 11.6 Å². The molecule has 1 amide bonds. The zero-order valence-corrected chi connectivity index (χ0v) is 20.0. The summed E-state index contributed by atoms with van der Waals surface area (Å²) in [7, 11) is 1.42. The lowest BCUT2D eigenvalue weighted by Crippen LogP contribution is -2.24. The number of esters is 1. The van der Waals surface area contributed by atoms with Crippen LogP contribution in [0.3, 0.4) is 0 Å². The lowest BCUT2D eigenvalue weighted by Gasteiger charge is -2.11. The highest BCUT2D eigenvalue weighted by atomic mass is 16.6. The van der Waals surface area contributed by atoms with Crippen LogP contribution >= 0.6 is 0 Å². The number of nitrogens with one attached hydrogen (secondary N) is 1. The van der Waals surface area contributed by atoms with Crippen molar-refractivity contribution in [3.63, 3.8) is 0 Å². The van der Waals surface area contributed by atoms with E-state index in [1.54, 1.807) is 36.4 Å². The number of methoxy groups -OCH3 is 1. The third-order valence-electron chi connectivity index (χ3n) is 4.46. The first-order valence-corrected chi connectivity index (χ1v) is 10.9. The molecule has 2 aromatic rings. The first kappa shape index (κ1) is 26.7. The van der Waals surface area contributed by atoms with Crippen LogP contribution in [0, 0.1) is 11.3 Å². The van der Waals surface area contributed by atoms with Crippen LogP contribution in [0.5, 0.6) is 23.0 Å². The molecule has 35 heavy (non-hydrogen) atoms. The van der Waals surface area contributed by atoms with Crippen molar-refractivity contribution in [2.75, 3.05) is 26.9 Å². The first-order valence-electron chi connectivity index (χ1n) is 10.9. The van der Waals surface area contributed by atoms with Crippen LogP contribution in [0.2, 0.25) is 0 Å². The molecule has 1 N–H and O–H groups in total. The van der Waals surface area contributed by atoms with E-state index >= 15 is 0 Å². The molecule has 0 bridgehead atoms. The topological polar surface area (TPSA) is 107 Å². The Balaban J connectivity index is 2.16. The zero-order valence-electron chi connectivity index (χ0n) is 20.0. The standard InChI is InChI=1S/C27H28N2O6/c1-5-14-29-27(31)21(18-28)15-20-9-12-23(24(17-20)32-4)35-26(30)13-10-19-8-11-22(33-6-2)25(16-19)34-7-3/h5,8-13,15-17H,1,6-7,14H2,2-4H3,(H,29,31). The van der Waals surface area contributed by atoms with Crippen molar-refractivity contribution in [2.45, 2.75) is 13.8 Å². The summed E-state index contributed by atoms with van der Waals surface area (Å²) in [5, 5.41) is 11.8. The number of hydrogen-bond donors (Lipinski definition) is 1. The molecule has 0 aliphatic carbocycles. The van der Waals surface area contributed by atoms with E-state index in [0.29, 0.717) is 30.3 Å². The van der Waals surface area contributed by atoms with Crippen molar-refractivity contribution in [2.24, 2.45) is 0 Å². The second-order valence-electron chi connectivity index (χ2n) is 6.91. The van der Waals surface area contributed by atoms with Gasteiger partial charge in [0.25, 0.3) is 5.91 Å². The molecule has 0 saturated heterocycles. The van der Waals surface area contributed by atoms with Gasteiger partial charge in [0, 0.05) is 12.6 Å². The molecule has 0 aliphatic heterocycles. The molecule has 8 nitrogen and oxygen atoms in total. The molecule has 2 aromatic carbocycles. The molecule has 0 saturated carbocycles. The number of carbonyl (C=O) groups is 2. The third-order valence-corrected chi connectivity index (χ3v) is 4.46. The molecule has 0 radical (unpaired) electrons. The van der Waals surface area contributed by atoms with Gasteiger partial charge in [-0.05, 0) is 61.4 Å². The van der Waals surface area contributed by atoms with Crippen LogP contribution in [-0.2, 0) is 9.59 Å². The maximum Gasteiger partial charge on any atom is 0.336 e. The summed E-state index contributed by atoms with van der Waals surface area (Å²) in [4.78, 5) is 24.4. The number of nitrogens with zero attached hydrogens (tertiary/aromatic N) is 1. The van der Waals surface area contributed by atoms with Gasteiger partial charge in [-0.3, -0.25) is 4.79 Å². The Morgan fingerprint density at radius 3 is 2.31 bits per heavy atom. The van der Waals surface area contributed by atoms with E-state index in [1.807, 2.05) is 19.9 Å². The van der Waals surface area contributed by atoms with Crippen molar-refractivity contribution in [3.8, 4) is 29.1 Å². The average Bonchev–Trinajstić information content (AvgIpc) is 2.86. The van der Waals surface area contributed by atoms with E-state index in [4.69, 9.17) is 18.9 Å². The fourth-order valence-electron chi connectivity index (χ4n) is 2.91. The van der Waals surface area contributed by atoms with Gasteiger partial charge in [-0.1, -0.05) is 18.2 Å². The van der Waals surface area contributed by atoms with Crippen LogP contribution in [0.4, 0.5) is 0 Å². The number of amides is 1. The fraction of sp³-hybridized carbons (Fsp3) is 0.222. The van der Waals surface area contributed by atoms with Crippen LogP contribution in [-0.4, -0.2) is 38.7 Å². The number of rotatable bonds is 12. The van der Waals surface area contributed by atoms with E-state index in [-0.39, 0.29) is 23.6 Å². The minimum Gasteiger partial charge on any atom is -0.493 e. The van der Waals surface area contributed by atoms with Gasteiger partial charge >= 0.3 is 5.97 Å². The first-order chi connectivity index (χ1) is 16.9. The number of hydrogen-bond acceptors (Lipinski definition) is 7. The van der Waals surface area contributed by atoms with Crippen molar-refractivity contribution in [1.82, 2.24) is 5.32 Å². The molecule has 2 rings (SSSR count). The van der Waals surface area contributed by atoms with E-state index in [2.05, 4.69) is 11.9 Å². The molecule has 8 heteroatoms. The number of ether oxygens (including phenoxy) is 4. The van der Waals surface area contributed by atoms with Crippen LogP contribution in [0.15, 0.2) is 60.7 Å². The Bertz CT molecular complexity index is 1160. The lowest BCUT2D eigenvalue weighted by molar-refractivity contribution is -0.129. The Morgan fingerprint density at radius 2 is 1.66 bits per heavy atom. The largest absolute Gasteiger partial charge is 0.493 e. The molecule has 0 heterocycles. The van der Waals surface area contributed by atoms with Crippen LogP contribution < -0.4 is 24.3 Å². The van der Waals surface area contributed by atoms with E-state index in [1.165, 1.54) is 31.4 Å². The minimum atomic E-state index is -0.611. The molecule has 0 aliphatic rings. The third kappa shape index (κ3) is 8.09. The molecule has 182 valence electrons. The van der Waals surface area contributed by atoms with Crippen molar-refractivity contribution >= 4 is 24.0 Å². The van der Waals surface area contributed by atoms with Gasteiger partial charge in [-0.25, -0.2) is 4.79 Å². The van der Waals surface area contributed by atoms with Crippen molar-refractivity contribution < 1.29 is 28.5 Å². The molecule has 0 atom stereocenters. The molecule has 0 aromatic heterocycles. The summed E-state index contributed by atoms with van der Waals surface area (Å²) < 4.78 is 21.9. The summed E-state index contributed by atoms with van der Waals surface area (Å²) in [6.45, 7) is 8.52. The summed E-state index contributed by atoms with van der Waals surface area (Å²) in [5.41, 5.74) is 1.18. The van der Waals surface area contributed by atoms with E-state index in [9.17, 15) is 14.9 Å². The van der Waals surface area contributed by atoms with Gasteiger partial charge in [-0.2, -0.15) is 5.26 Å². The highest BCUT2D eigenvalue weighted by molar-refractivity contribution is 6.01. The van der Waals surface area contributed by atoms with Crippen molar-refractivity contribution in [1.29, 1.82) is 5.26 Å². The normalized spacial score (nSPS) is 10.9. The van der Waals surface area contributed by atoms with Gasteiger partial charge < -0.3 is 24.3 Å². The zero-order chi connectivity index (χ0) is 25.6. The summed E-state index contributed by atoms with van der Waals surface area (Å²) in [6, 6.07) is 11.9. The maximum atomic E-state index is 12.4. The molecule has 0 spiro atoms. The van der Waals surface area contributed by atoms with Gasteiger partial charge in [0.15, 0.2) is 23.0 Å². The van der Waals surface area contributed by atoms with Gasteiger partial charge in [-0.15, -0.1) is 6.58 Å². The fourth-order valence-corrected chi connectivity index (χ4v) is 2.91. The van der Waals surface area contributed by atoms with Gasteiger partial charge in [0.2, 0.25) is 0 Å². The minimum absolute atomic E-state index is 0.0802. The Morgan fingerprint density at radius 1 is 1.00 bits per heavy atom. The second-order valence-corrected chi connectivity index (χ2v) is 6.91. The SMILES string of the molecule is C=CCNC(=O)C(C#N)=Cc1ccc(OC(=O)C=Cc2ccc(OCC)c(OCC)c2)c(OC)c1. The quantitative estimate of drug-likeness (QED) is 0.160. The summed E-state index contributed by atoms with van der Waals surface area (Å²) in [6.07, 6.45) is 5.82. The highest BCUT2D eigenvalue weighted by Crippen LogP contribution is 2.30. The Kier molecular flexibility index (Phi) is 10.6. The summed E-state index contributed by atoms with van der Waals surface area (Å²) >= 11 is 0. The average molecular weight is 477 g/mol. The predicted molar refractivity (Wildman–Crippen MR) is 133 cm³/mol. The predicted octanol–water partition coefficient (Wildman–Crippen LogP) is 4.32. The smallest absolute Gasteiger partial charge is 0.336 e. The van der Waals surface area contributed by atoms with Gasteiger partial charge in [0.05, 0.1) is 20.3 Å². The molecular weight excluding hydrogens is 448 g/mol. The summed E-state index contributed by atoms with van der Waals surface area (Å²) in [5.74, 6) is 0.545. The molecular formula is C27H28N2O6. The molecule has 0 fully saturated rings. The van der Waals surface area contributed by atoms with Crippen molar-refractivity contribution in [3.05, 3.63) is 71.8 Å².